The molecule has 1 heterocycles. The van der Waals surface area contributed by atoms with Crippen LogP contribution in [0.2, 0.25) is 0 Å². The monoisotopic (exact) mass is 305 g/mol. The van der Waals surface area contributed by atoms with Crippen molar-refractivity contribution in [1.82, 2.24) is 10.6 Å². The summed E-state index contributed by atoms with van der Waals surface area (Å²) in [5.74, 6) is -0.207. The predicted molar refractivity (Wildman–Crippen MR) is 85.1 cm³/mol. The Morgan fingerprint density at radius 3 is 2.82 bits per heavy atom. The van der Waals surface area contributed by atoms with Gasteiger partial charge in [0.05, 0.1) is 17.4 Å². The third kappa shape index (κ3) is 4.73. The number of nitrogens with one attached hydrogen (secondary N) is 3. The van der Waals surface area contributed by atoms with E-state index in [4.69, 9.17) is 4.74 Å². The number of rotatable bonds is 6. The quantitative estimate of drug-likeness (QED) is 0.753. The fraction of sp³-hybridized carbons (Fsp3) is 0.500. The van der Waals surface area contributed by atoms with Crippen LogP contribution >= 0.6 is 0 Å². The molecule has 1 aliphatic heterocycles. The van der Waals surface area contributed by atoms with E-state index in [1.807, 2.05) is 6.92 Å². The van der Waals surface area contributed by atoms with Crippen LogP contribution in [0.25, 0.3) is 0 Å². The number of hydrogen-bond acceptors (Lipinski definition) is 3. The molecular weight excluding hydrogens is 282 g/mol. The van der Waals surface area contributed by atoms with Crippen LogP contribution in [-0.2, 0) is 4.74 Å². The van der Waals surface area contributed by atoms with Gasteiger partial charge in [-0.05, 0) is 31.4 Å². The number of para-hydroxylation sites is 1. The van der Waals surface area contributed by atoms with Crippen molar-refractivity contribution in [3.8, 4) is 0 Å². The summed E-state index contributed by atoms with van der Waals surface area (Å²) in [7, 11) is 0. The van der Waals surface area contributed by atoms with E-state index >= 15 is 0 Å². The highest BCUT2D eigenvalue weighted by atomic mass is 16.5. The molecule has 1 aromatic rings. The third-order valence-electron chi connectivity index (χ3n) is 3.47. The van der Waals surface area contributed by atoms with Gasteiger partial charge < -0.3 is 20.7 Å². The zero-order valence-corrected chi connectivity index (χ0v) is 12.9. The molecule has 0 radical (unpaired) electrons. The Balaban J connectivity index is 1.94. The highest BCUT2D eigenvalue weighted by Crippen LogP contribution is 2.15. The lowest BCUT2D eigenvalue weighted by molar-refractivity contribution is 0.0858. The van der Waals surface area contributed by atoms with Crippen LogP contribution in [0.1, 0.15) is 36.5 Å². The molecule has 0 aromatic heterocycles. The number of hydrogen-bond donors (Lipinski definition) is 3. The molecule has 22 heavy (non-hydrogen) atoms. The van der Waals surface area contributed by atoms with Crippen LogP contribution in [0.4, 0.5) is 10.5 Å². The van der Waals surface area contributed by atoms with Gasteiger partial charge in [-0.25, -0.2) is 4.79 Å². The van der Waals surface area contributed by atoms with Gasteiger partial charge >= 0.3 is 6.03 Å². The Morgan fingerprint density at radius 2 is 2.09 bits per heavy atom. The van der Waals surface area contributed by atoms with Crippen molar-refractivity contribution in [1.29, 1.82) is 0 Å². The summed E-state index contributed by atoms with van der Waals surface area (Å²) >= 11 is 0. The SMILES string of the molecule is CCCNC(=O)Nc1ccccc1C(=O)NC[C@H]1CCCO1. The summed E-state index contributed by atoms with van der Waals surface area (Å²) in [5.41, 5.74) is 0.952. The molecule has 0 spiro atoms. The summed E-state index contributed by atoms with van der Waals surface area (Å²) < 4.78 is 5.48. The average Bonchev–Trinajstić information content (AvgIpc) is 3.04. The summed E-state index contributed by atoms with van der Waals surface area (Å²) in [6, 6.07) is 6.66. The molecule has 3 amide bonds. The topological polar surface area (TPSA) is 79.5 Å². The van der Waals surface area contributed by atoms with Crippen molar-refractivity contribution in [2.75, 3.05) is 25.0 Å². The Morgan fingerprint density at radius 1 is 1.27 bits per heavy atom. The highest BCUT2D eigenvalue weighted by Gasteiger charge is 2.18. The molecule has 120 valence electrons. The molecule has 0 unspecified atom stereocenters. The largest absolute Gasteiger partial charge is 0.376 e. The highest BCUT2D eigenvalue weighted by molar-refractivity contribution is 6.03. The molecule has 1 aliphatic rings. The maximum Gasteiger partial charge on any atom is 0.319 e. The van der Waals surface area contributed by atoms with Crippen LogP contribution in [0.5, 0.6) is 0 Å². The molecule has 0 saturated carbocycles. The van der Waals surface area contributed by atoms with Gasteiger partial charge in [0, 0.05) is 19.7 Å². The van der Waals surface area contributed by atoms with Gasteiger partial charge in [0.2, 0.25) is 0 Å². The van der Waals surface area contributed by atoms with E-state index in [1.54, 1.807) is 24.3 Å². The number of carbonyl (C=O) groups is 2. The summed E-state index contributed by atoms with van der Waals surface area (Å²) in [4.78, 5) is 24.0. The summed E-state index contributed by atoms with van der Waals surface area (Å²) in [5, 5.41) is 8.30. The lowest BCUT2D eigenvalue weighted by Crippen LogP contribution is -2.33. The van der Waals surface area contributed by atoms with Crippen LogP contribution in [0.3, 0.4) is 0 Å². The van der Waals surface area contributed by atoms with E-state index in [2.05, 4.69) is 16.0 Å². The first-order chi connectivity index (χ1) is 10.7. The molecule has 0 aliphatic carbocycles. The second-order valence-corrected chi connectivity index (χ2v) is 5.27. The molecular formula is C16H23N3O3. The van der Waals surface area contributed by atoms with E-state index in [0.717, 1.165) is 25.9 Å². The molecule has 1 fully saturated rings. The summed E-state index contributed by atoms with van der Waals surface area (Å²) in [6.07, 6.45) is 2.96. The van der Waals surface area contributed by atoms with Gasteiger partial charge in [0.1, 0.15) is 0 Å². The van der Waals surface area contributed by atoms with Crippen molar-refractivity contribution in [2.45, 2.75) is 32.3 Å². The maximum atomic E-state index is 12.3. The standard InChI is InChI=1S/C16H23N3O3/c1-2-9-17-16(21)19-14-8-4-3-7-13(14)15(20)18-11-12-6-5-10-22-12/h3-4,7-8,12H,2,5-6,9-11H2,1H3,(H,18,20)(H2,17,19,21)/t12-/m1/s1. The zero-order chi connectivity index (χ0) is 15.8. The lowest BCUT2D eigenvalue weighted by Gasteiger charge is -2.14. The van der Waals surface area contributed by atoms with Crippen LogP contribution in [0.15, 0.2) is 24.3 Å². The Bertz CT molecular complexity index is 513. The first-order valence-corrected chi connectivity index (χ1v) is 7.74. The average molecular weight is 305 g/mol. The molecule has 6 nitrogen and oxygen atoms in total. The van der Waals surface area contributed by atoms with E-state index in [1.165, 1.54) is 0 Å². The number of carbonyl (C=O) groups excluding carboxylic acids is 2. The van der Waals surface area contributed by atoms with Crippen LogP contribution in [-0.4, -0.2) is 37.7 Å². The van der Waals surface area contributed by atoms with E-state index < -0.39 is 0 Å². The van der Waals surface area contributed by atoms with Gasteiger partial charge in [-0.3, -0.25) is 4.79 Å². The summed E-state index contributed by atoms with van der Waals surface area (Å²) in [6.45, 7) is 3.83. The smallest absolute Gasteiger partial charge is 0.319 e. The molecule has 1 atom stereocenters. The number of ether oxygens (including phenoxy) is 1. The fourth-order valence-electron chi connectivity index (χ4n) is 2.30. The molecule has 3 N–H and O–H groups in total. The molecule has 1 aromatic carbocycles. The van der Waals surface area contributed by atoms with Gasteiger partial charge in [0.25, 0.3) is 5.91 Å². The van der Waals surface area contributed by atoms with Gasteiger partial charge in [0.15, 0.2) is 0 Å². The minimum atomic E-state index is -0.304. The van der Waals surface area contributed by atoms with E-state index in [0.29, 0.717) is 24.3 Å². The van der Waals surface area contributed by atoms with Crippen molar-refractivity contribution in [2.24, 2.45) is 0 Å². The minimum absolute atomic E-state index is 0.0944. The molecule has 1 saturated heterocycles. The van der Waals surface area contributed by atoms with Crippen molar-refractivity contribution in [3.05, 3.63) is 29.8 Å². The predicted octanol–water partition coefficient (Wildman–Crippen LogP) is 2.13. The first kappa shape index (κ1) is 16.3. The number of amides is 3. The van der Waals surface area contributed by atoms with Gasteiger partial charge in [-0.1, -0.05) is 19.1 Å². The van der Waals surface area contributed by atoms with Crippen molar-refractivity contribution < 1.29 is 14.3 Å². The second kappa shape index (κ2) is 8.38. The third-order valence-corrected chi connectivity index (χ3v) is 3.47. The second-order valence-electron chi connectivity index (χ2n) is 5.27. The number of benzene rings is 1. The first-order valence-electron chi connectivity index (χ1n) is 7.74. The fourth-order valence-corrected chi connectivity index (χ4v) is 2.30. The van der Waals surface area contributed by atoms with Gasteiger partial charge in [-0.2, -0.15) is 0 Å². The number of urea groups is 1. The van der Waals surface area contributed by atoms with Crippen molar-refractivity contribution >= 4 is 17.6 Å². The Labute approximate surface area is 130 Å². The van der Waals surface area contributed by atoms with Crippen LogP contribution < -0.4 is 16.0 Å². The molecule has 0 bridgehead atoms. The number of anilines is 1. The molecule has 6 heteroatoms. The normalized spacial score (nSPS) is 17.0. The van der Waals surface area contributed by atoms with E-state index in [-0.39, 0.29) is 18.0 Å². The van der Waals surface area contributed by atoms with Crippen molar-refractivity contribution in [3.63, 3.8) is 0 Å². The Hall–Kier alpha value is -2.08. The zero-order valence-electron chi connectivity index (χ0n) is 12.9. The molecule has 2 rings (SSSR count). The minimum Gasteiger partial charge on any atom is -0.376 e. The maximum absolute atomic E-state index is 12.3. The Kier molecular flexibility index (Phi) is 6.21. The van der Waals surface area contributed by atoms with Crippen LogP contribution in [0, 0.1) is 0 Å². The van der Waals surface area contributed by atoms with Gasteiger partial charge in [-0.15, -0.1) is 0 Å². The van der Waals surface area contributed by atoms with E-state index in [9.17, 15) is 9.59 Å². The lowest BCUT2D eigenvalue weighted by atomic mass is 10.1.